The number of halogens is 4. The first kappa shape index (κ1) is 10.3. The summed E-state index contributed by atoms with van der Waals surface area (Å²) in [5, 5.41) is -0.424. The molecule has 0 aliphatic heterocycles. The van der Waals surface area contributed by atoms with Crippen LogP contribution in [0.1, 0.15) is 17.7 Å². The highest BCUT2D eigenvalue weighted by Gasteiger charge is 2.16. The van der Waals surface area contributed by atoms with Crippen LogP contribution < -0.4 is 5.73 Å². The van der Waals surface area contributed by atoms with E-state index < -0.39 is 23.0 Å². The van der Waals surface area contributed by atoms with Gasteiger partial charge in [-0.05, 0) is 6.07 Å². The largest absolute Gasteiger partial charge is 0.325 e. The van der Waals surface area contributed by atoms with Crippen molar-refractivity contribution in [1.29, 1.82) is 0 Å². The number of aromatic nitrogens is 1. The third kappa shape index (κ3) is 2.10. The van der Waals surface area contributed by atoms with Gasteiger partial charge in [-0.2, -0.15) is 4.39 Å². The Bertz CT molecular complexity index is 317. The van der Waals surface area contributed by atoms with E-state index in [0.717, 1.165) is 6.07 Å². The van der Waals surface area contributed by atoms with Gasteiger partial charge < -0.3 is 5.73 Å². The van der Waals surface area contributed by atoms with Gasteiger partial charge in [0.1, 0.15) is 0 Å². The topological polar surface area (TPSA) is 38.9 Å². The van der Waals surface area contributed by atoms with Crippen molar-refractivity contribution in [3.63, 3.8) is 0 Å². The Balaban J connectivity index is 3.25. The zero-order valence-electron chi connectivity index (χ0n) is 6.40. The zero-order valence-corrected chi connectivity index (χ0v) is 7.15. The second-order valence-corrected chi connectivity index (χ2v) is 2.71. The molecule has 0 saturated heterocycles. The third-order valence-electron chi connectivity index (χ3n) is 1.47. The van der Waals surface area contributed by atoms with Crippen molar-refractivity contribution < 1.29 is 13.2 Å². The number of nitrogens with two attached hydrogens (primary N) is 1. The van der Waals surface area contributed by atoms with Crippen molar-refractivity contribution in [2.45, 2.75) is 13.0 Å². The minimum absolute atomic E-state index is 0.170. The second-order valence-electron chi connectivity index (χ2n) is 2.30. The first-order valence-electron chi connectivity index (χ1n) is 3.39. The van der Waals surface area contributed by atoms with Gasteiger partial charge in [-0.15, -0.1) is 0 Å². The van der Waals surface area contributed by atoms with E-state index in [4.69, 9.17) is 17.3 Å². The second kappa shape index (κ2) is 3.93. The Labute approximate surface area is 77.5 Å². The van der Waals surface area contributed by atoms with Crippen LogP contribution in [-0.2, 0) is 6.54 Å². The Morgan fingerprint density at radius 2 is 2.15 bits per heavy atom. The number of hydrogen-bond donors (Lipinski definition) is 1. The summed E-state index contributed by atoms with van der Waals surface area (Å²) in [5.41, 5.74) is 4.51. The molecule has 0 aliphatic carbocycles. The van der Waals surface area contributed by atoms with Crippen LogP contribution in [0.4, 0.5) is 13.2 Å². The average molecular weight is 211 g/mol. The van der Waals surface area contributed by atoms with E-state index in [-0.39, 0.29) is 12.2 Å². The molecule has 0 aromatic carbocycles. The lowest BCUT2D eigenvalue weighted by Gasteiger charge is -2.06. The highest BCUT2D eigenvalue weighted by Crippen LogP contribution is 2.25. The van der Waals surface area contributed by atoms with Crippen LogP contribution in [-0.4, -0.2) is 4.98 Å². The molecular weight excluding hydrogens is 205 g/mol. The van der Waals surface area contributed by atoms with Crippen LogP contribution in [0.2, 0.25) is 5.02 Å². The van der Waals surface area contributed by atoms with Crippen molar-refractivity contribution >= 4 is 11.6 Å². The zero-order chi connectivity index (χ0) is 10.0. The molecule has 0 fully saturated rings. The van der Waals surface area contributed by atoms with Gasteiger partial charge >= 0.3 is 0 Å². The lowest BCUT2D eigenvalue weighted by Crippen LogP contribution is -2.06. The predicted octanol–water partition coefficient (Wildman–Crippen LogP) is 2.27. The molecule has 72 valence electrons. The molecule has 0 atom stereocenters. The van der Waals surface area contributed by atoms with Crippen LogP contribution in [0.15, 0.2) is 6.07 Å². The van der Waals surface area contributed by atoms with Crippen LogP contribution in [0, 0.1) is 5.95 Å². The summed E-state index contributed by atoms with van der Waals surface area (Å²) in [4.78, 5) is 3.21. The molecule has 0 spiro atoms. The SMILES string of the molecule is NCc1nc(F)c(Cl)cc1C(F)F. The molecule has 0 radical (unpaired) electrons. The molecule has 1 aromatic heterocycles. The van der Waals surface area contributed by atoms with Crippen molar-refractivity contribution in [3.8, 4) is 0 Å². The van der Waals surface area contributed by atoms with Gasteiger partial charge in [0.25, 0.3) is 6.43 Å². The van der Waals surface area contributed by atoms with Gasteiger partial charge in [-0.25, -0.2) is 13.8 Å². The van der Waals surface area contributed by atoms with Gasteiger partial charge in [0.05, 0.1) is 10.7 Å². The normalized spacial score (nSPS) is 10.9. The molecule has 0 saturated carbocycles. The molecule has 0 aliphatic rings. The van der Waals surface area contributed by atoms with E-state index in [2.05, 4.69) is 4.98 Å². The van der Waals surface area contributed by atoms with E-state index in [1.54, 1.807) is 0 Å². The smallest absolute Gasteiger partial charge is 0.265 e. The number of rotatable bonds is 2. The fraction of sp³-hybridized carbons (Fsp3) is 0.286. The highest BCUT2D eigenvalue weighted by molar-refractivity contribution is 6.30. The molecule has 2 nitrogen and oxygen atoms in total. The third-order valence-corrected chi connectivity index (χ3v) is 1.74. The number of pyridine rings is 1. The summed E-state index contributed by atoms with van der Waals surface area (Å²) in [6, 6.07) is 0.844. The van der Waals surface area contributed by atoms with E-state index >= 15 is 0 Å². The maximum Gasteiger partial charge on any atom is 0.265 e. The lowest BCUT2D eigenvalue weighted by atomic mass is 10.2. The van der Waals surface area contributed by atoms with Crippen LogP contribution in [0.3, 0.4) is 0 Å². The quantitative estimate of drug-likeness (QED) is 0.761. The Morgan fingerprint density at radius 1 is 1.54 bits per heavy atom. The Morgan fingerprint density at radius 3 is 2.62 bits per heavy atom. The van der Waals surface area contributed by atoms with Crippen molar-refractivity contribution in [2.75, 3.05) is 0 Å². The molecule has 0 unspecified atom stereocenters. The minimum Gasteiger partial charge on any atom is -0.325 e. The summed E-state index contributed by atoms with van der Waals surface area (Å²) < 4.78 is 37.2. The lowest BCUT2D eigenvalue weighted by molar-refractivity contribution is 0.149. The molecule has 1 rings (SSSR count). The molecule has 6 heteroatoms. The molecule has 13 heavy (non-hydrogen) atoms. The summed E-state index contributed by atoms with van der Waals surface area (Å²) in [5.74, 6) is -0.980. The molecular formula is C7H6ClF3N2. The number of alkyl halides is 2. The van der Waals surface area contributed by atoms with E-state index in [9.17, 15) is 13.2 Å². The first-order valence-corrected chi connectivity index (χ1v) is 3.77. The van der Waals surface area contributed by atoms with Gasteiger partial charge in [0.2, 0.25) is 5.95 Å². The Kier molecular flexibility index (Phi) is 3.11. The summed E-state index contributed by atoms with van der Waals surface area (Å²) in [6.07, 6.45) is -2.75. The average Bonchev–Trinajstić information content (AvgIpc) is 2.08. The van der Waals surface area contributed by atoms with Crippen molar-refractivity contribution in [3.05, 3.63) is 28.3 Å². The maximum absolute atomic E-state index is 12.7. The molecule has 0 amide bonds. The van der Waals surface area contributed by atoms with Gasteiger partial charge in [-0.1, -0.05) is 11.6 Å². The molecule has 0 bridgehead atoms. The minimum atomic E-state index is -2.75. The number of nitrogens with zero attached hydrogens (tertiary/aromatic N) is 1. The first-order chi connectivity index (χ1) is 6.06. The van der Waals surface area contributed by atoms with Crippen LogP contribution in [0.25, 0.3) is 0 Å². The van der Waals surface area contributed by atoms with Crippen LogP contribution >= 0.6 is 11.6 Å². The number of hydrogen-bond acceptors (Lipinski definition) is 2. The van der Waals surface area contributed by atoms with Gasteiger partial charge in [0.15, 0.2) is 0 Å². The standard InChI is InChI=1S/C7H6ClF3N2/c8-4-1-3(6(9)10)5(2-12)13-7(4)11/h1,6H,2,12H2. The van der Waals surface area contributed by atoms with E-state index in [0.29, 0.717) is 0 Å². The summed E-state index contributed by atoms with van der Waals surface area (Å²) in [7, 11) is 0. The van der Waals surface area contributed by atoms with Crippen molar-refractivity contribution in [2.24, 2.45) is 5.73 Å². The van der Waals surface area contributed by atoms with Gasteiger partial charge in [-0.3, -0.25) is 0 Å². The fourth-order valence-electron chi connectivity index (χ4n) is 0.868. The summed E-state index contributed by atoms with van der Waals surface area (Å²) in [6.45, 7) is -0.242. The van der Waals surface area contributed by atoms with Crippen molar-refractivity contribution in [1.82, 2.24) is 4.98 Å². The molecule has 2 N–H and O–H groups in total. The van der Waals surface area contributed by atoms with E-state index in [1.807, 2.05) is 0 Å². The predicted molar refractivity (Wildman–Crippen MR) is 42.1 cm³/mol. The monoisotopic (exact) mass is 210 g/mol. The fourth-order valence-corrected chi connectivity index (χ4v) is 1.03. The van der Waals surface area contributed by atoms with Gasteiger partial charge in [0, 0.05) is 12.1 Å². The summed E-state index contributed by atoms with van der Waals surface area (Å²) >= 11 is 5.28. The van der Waals surface area contributed by atoms with Crippen LogP contribution in [0.5, 0.6) is 0 Å². The molecule has 1 heterocycles. The molecule has 1 aromatic rings. The van der Waals surface area contributed by atoms with E-state index in [1.165, 1.54) is 0 Å². The maximum atomic E-state index is 12.7. The highest BCUT2D eigenvalue weighted by atomic mass is 35.5. The Hall–Kier alpha value is -0.810.